The highest BCUT2D eigenvalue weighted by molar-refractivity contribution is 7.07. The van der Waals surface area contributed by atoms with Crippen molar-refractivity contribution in [2.75, 3.05) is 0 Å². The number of amides is 1. The highest BCUT2D eigenvalue weighted by atomic mass is 32.1. The van der Waals surface area contributed by atoms with E-state index in [0.29, 0.717) is 5.69 Å². The van der Waals surface area contributed by atoms with Crippen LogP contribution in [0.3, 0.4) is 0 Å². The average Bonchev–Trinajstić information content (AvgIpc) is 2.68. The Labute approximate surface area is 91.1 Å². The van der Waals surface area contributed by atoms with Gasteiger partial charge in [0.05, 0.1) is 11.4 Å². The number of aliphatic carboxylic acids is 1. The molecule has 1 amide bonds. The fourth-order valence-electron chi connectivity index (χ4n) is 0.944. The van der Waals surface area contributed by atoms with Gasteiger partial charge >= 0.3 is 5.97 Å². The molecule has 0 saturated carbocycles. The zero-order chi connectivity index (χ0) is 11.4. The first-order chi connectivity index (χ1) is 7.02. The number of carbonyl (C=O) groups is 2. The summed E-state index contributed by atoms with van der Waals surface area (Å²) in [6.45, 7) is 3.21. The molecular formula is C9H12N2O3S. The highest BCUT2D eigenvalue weighted by Crippen LogP contribution is 2.05. The van der Waals surface area contributed by atoms with Crippen LogP contribution in [0.25, 0.3) is 0 Å². The molecule has 0 aliphatic carbocycles. The molecule has 15 heavy (non-hydrogen) atoms. The van der Waals surface area contributed by atoms with Gasteiger partial charge in [-0.05, 0) is 13.8 Å². The average molecular weight is 228 g/mol. The molecule has 5 nitrogen and oxygen atoms in total. The Bertz CT molecular complexity index is 350. The summed E-state index contributed by atoms with van der Waals surface area (Å²) >= 11 is 1.32. The van der Waals surface area contributed by atoms with E-state index in [9.17, 15) is 9.59 Å². The van der Waals surface area contributed by atoms with Gasteiger partial charge in [-0.2, -0.15) is 0 Å². The van der Waals surface area contributed by atoms with Gasteiger partial charge in [0.1, 0.15) is 5.69 Å². The minimum absolute atomic E-state index is 0.324. The molecule has 0 aliphatic rings. The zero-order valence-corrected chi connectivity index (χ0v) is 9.25. The molecule has 0 saturated heterocycles. The molecular weight excluding hydrogens is 216 g/mol. The number of hydrogen-bond acceptors (Lipinski definition) is 4. The molecule has 1 rings (SSSR count). The van der Waals surface area contributed by atoms with E-state index in [1.807, 2.05) is 0 Å². The van der Waals surface area contributed by atoms with Crippen LogP contribution in [0.1, 0.15) is 24.3 Å². The summed E-state index contributed by atoms with van der Waals surface area (Å²) < 4.78 is 0. The topological polar surface area (TPSA) is 79.3 Å². The number of carboxylic acid groups (broad SMARTS) is 1. The molecule has 0 fully saturated rings. The van der Waals surface area contributed by atoms with Crippen LogP contribution in [0, 0.1) is 5.92 Å². The molecule has 2 unspecified atom stereocenters. The fourth-order valence-corrected chi connectivity index (χ4v) is 1.48. The quantitative estimate of drug-likeness (QED) is 0.805. The SMILES string of the molecule is CC(NC(=O)c1cscn1)C(C)C(=O)O. The predicted octanol–water partition coefficient (Wildman–Crippen LogP) is 0.982. The Hall–Kier alpha value is -1.43. The minimum atomic E-state index is -0.930. The Morgan fingerprint density at radius 3 is 2.67 bits per heavy atom. The van der Waals surface area contributed by atoms with Gasteiger partial charge in [0.2, 0.25) is 0 Å². The van der Waals surface area contributed by atoms with E-state index < -0.39 is 17.9 Å². The first kappa shape index (κ1) is 11.6. The summed E-state index contributed by atoms with van der Waals surface area (Å²) in [4.78, 5) is 26.0. The summed E-state index contributed by atoms with van der Waals surface area (Å²) in [6, 6.07) is -0.420. The minimum Gasteiger partial charge on any atom is -0.481 e. The Morgan fingerprint density at radius 2 is 2.20 bits per heavy atom. The van der Waals surface area contributed by atoms with E-state index in [4.69, 9.17) is 5.11 Å². The largest absolute Gasteiger partial charge is 0.481 e. The van der Waals surface area contributed by atoms with Crippen LogP contribution in [-0.2, 0) is 4.79 Å². The molecule has 1 aromatic rings. The van der Waals surface area contributed by atoms with E-state index in [-0.39, 0.29) is 5.91 Å². The van der Waals surface area contributed by atoms with Crippen LogP contribution in [0.5, 0.6) is 0 Å². The van der Waals surface area contributed by atoms with E-state index in [1.165, 1.54) is 11.3 Å². The number of aromatic nitrogens is 1. The molecule has 0 bridgehead atoms. The summed E-state index contributed by atoms with van der Waals surface area (Å²) in [5.74, 6) is -1.88. The Balaban J connectivity index is 2.56. The van der Waals surface area contributed by atoms with Crippen LogP contribution in [0.4, 0.5) is 0 Å². The number of hydrogen-bond donors (Lipinski definition) is 2. The second-order valence-electron chi connectivity index (χ2n) is 3.26. The van der Waals surface area contributed by atoms with Gasteiger partial charge < -0.3 is 10.4 Å². The van der Waals surface area contributed by atoms with Gasteiger partial charge in [0.15, 0.2) is 0 Å². The number of nitrogens with zero attached hydrogens (tertiary/aromatic N) is 1. The van der Waals surface area contributed by atoms with E-state index in [0.717, 1.165) is 0 Å². The first-order valence-corrected chi connectivity index (χ1v) is 5.38. The van der Waals surface area contributed by atoms with Gasteiger partial charge in [-0.1, -0.05) is 0 Å². The third-order valence-corrected chi connectivity index (χ3v) is 2.75. The number of carboxylic acids is 1. The summed E-state index contributed by atoms with van der Waals surface area (Å²) in [7, 11) is 0. The van der Waals surface area contributed by atoms with Crippen molar-refractivity contribution in [3.8, 4) is 0 Å². The number of thiazole rings is 1. The van der Waals surface area contributed by atoms with Crippen LogP contribution >= 0.6 is 11.3 Å². The van der Waals surface area contributed by atoms with Crippen LogP contribution in [-0.4, -0.2) is 28.0 Å². The van der Waals surface area contributed by atoms with Crippen molar-refractivity contribution in [2.45, 2.75) is 19.9 Å². The van der Waals surface area contributed by atoms with E-state index in [2.05, 4.69) is 10.3 Å². The molecule has 1 heterocycles. The first-order valence-electron chi connectivity index (χ1n) is 4.44. The molecule has 0 spiro atoms. The monoisotopic (exact) mass is 228 g/mol. The maximum absolute atomic E-state index is 11.5. The van der Waals surface area contributed by atoms with Crippen molar-refractivity contribution < 1.29 is 14.7 Å². The highest BCUT2D eigenvalue weighted by Gasteiger charge is 2.21. The van der Waals surface area contributed by atoms with Gasteiger partial charge in [0.25, 0.3) is 5.91 Å². The van der Waals surface area contributed by atoms with Crippen molar-refractivity contribution >= 4 is 23.2 Å². The van der Waals surface area contributed by atoms with Gasteiger partial charge in [0, 0.05) is 11.4 Å². The van der Waals surface area contributed by atoms with Crippen molar-refractivity contribution in [1.29, 1.82) is 0 Å². The lowest BCUT2D eigenvalue weighted by molar-refractivity contribution is -0.141. The Kier molecular flexibility index (Phi) is 3.79. The van der Waals surface area contributed by atoms with Gasteiger partial charge in [-0.3, -0.25) is 9.59 Å². The van der Waals surface area contributed by atoms with Crippen molar-refractivity contribution in [1.82, 2.24) is 10.3 Å². The van der Waals surface area contributed by atoms with Gasteiger partial charge in [-0.25, -0.2) is 4.98 Å². The lowest BCUT2D eigenvalue weighted by Gasteiger charge is -2.16. The Morgan fingerprint density at radius 1 is 1.53 bits per heavy atom. The predicted molar refractivity (Wildman–Crippen MR) is 55.8 cm³/mol. The number of carbonyl (C=O) groups excluding carboxylic acids is 1. The molecule has 6 heteroatoms. The maximum atomic E-state index is 11.5. The molecule has 0 aromatic carbocycles. The normalized spacial score (nSPS) is 14.3. The van der Waals surface area contributed by atoms with Crippen LogP contribution in [0.15, 0.2) is 10.9 Å². The zero-order valence-electron chi connectivity index (χ0n) is 8.43. The second kappa shape index (κ2) is 4.88. The van der Waals surface area contributed by atoms with E-state index in [1.54, 1.807) is 24.7 Å². The smallest absolute Gasteiger partial charge is 0.308 e. The standard InChI is InChI=1S/C9H12N2O3S/c1-5(9(13)14)6(2)11-8(12)7-3-15-4-10-7/h3-6H,1-2H3,(H,11,12)(H,13,14). The van der Waals surface area contributed by atoms with Crippen molar-refractivity contribution in [3.63, 3.8) is 0 Å². The third-order valence-electron chi connectivity index (χ3n) is 2.16. The lowest BCUT2D eigenvalue weighted by atomic mass is 10.0. The maximum Gasteiger partial charge on any atom is 0.308 e. The van der Waals surface area contributed by atoms with Crippen molar-refractivity contribution in [3.05, 3.63) is 16.6 Å². The number of rotatable bonds is 4. The molecule has 1 aromatic heterocycles. The fraction of sp³-hybridized carbons (Fsp3) is 0.444. The molecule has 82 valence electrons. The van der Waals surface area contributed by atoms with Crippen molar-refractivity contribution in [2.24, 2.45) is 5.92 Å². The molecule has 0 radical (unpaired) electrons. The second-order valence-corrected chi connectivity index (χ2v) is 3.98. The van der Waals surface area contributed by atoms with Crippen LogP contribution < -0.4 is 5.32 Å². The van der Waals surface area contributed by atoms with Crippen LogP contribution in [0.2, 0.25) is 0 Å². The lowest BCUT2D eigenvalue weighted by Crippen LogP contribution is -2.40. The summed E-state index contributed by atoms with van der Waals surface area (Å²) in [5.41, 5.74) is 1.88. The van der Waals surface area contributed by atoms with E-state index >= 15 is 0 Å². The summed E-state index contributed by atoms with van der Waals surface area (Å²) in [5, 5.41) is 12.9. The molecule has 2 atom stereocenters. The van der Waals surface area contributed by atoms with Gasteiger partial charge in [-0.15, -0.1) is 11.3 Å². The third kappa shape index (κ3) is 3.02. The molecule has 0 aliphatic heterocycles. The molecule has 2 N–H and O–H groups in total. The number of nitrogens with one attached hydrogen (secondary N) is 1. The summed E-state index contributed by atoms with van der Waals surface area (Å²) in [6.07, 6.45) is 0.